The second kappa shape index (κ2) is 5.12. The summed E-state index contributed by atoms with van der Waals surface area (Å²) in [5, 5.41) is 0. The van der Waals surface area contributed by atoms with Crippen LogP contribution in [0.2, 0.25) is 0 Å². The zero-order valence-electron chi connectivity index (χ0n) is 11.8. The molecule has 2 nitrogen and oxygen atoms in total. The lowest BCUT2D eigenvalue weighted by molar-refractivity contribution is -0.140. The summed E-state index contributed by atoms with van der Waals surface area (Å²) in [6.45, 7) is 3.74. The molecule has 0 aliphatic carbocycles. The lowest BCUT2D eigenvalue weighted by Crippen LogP contribution is -2.07. The molecule has 0 amide bonds. The molecule has 0 saturated heterocycles. The topological polar surface area (TPSA) is 28.7 Å². The quantitative estimate of drug-likeness (QED) is 0.592. The lowest BCUT2D eigenvalue weighted by Gasteiger charge is -2.05. The van der Waals surface area contributed by atoms with Gasteiger partial charge in [-0.25, -0.2) is 4.98 Å². The van der Waals surface area contributed by atoms with Gasteiger partial charge < -0.3 is 4.98 Å². The summed E-state index contributed by atoms with van der Waals surface area (Å²) in [6.07, 6.45) is -4.44. The van der Waals surface area contributed by atoms with Crippen molar-refractivity contribution in [1.29, 1.82) is 0 Å². The van der Waals surface area contributed by atoms with Crippen molar-refractivity contribution in [3.8, 4) is 11.3 Å². The lowest BCUT2D eigenvalue weighted by atomic mass is 10.1. The fourth-order valence-corrected chi connectivity index (χ4v) is 3.13. The van der Waals surface area contributed by atoms with Gasteiger partial charge in [0, 0.05) is 10.0 Å². The molecule has 1 N–H and O–H groups in total. The molecule has 6 heteroatoms. The van der Waals surface area contributed by atoms with E-state index in [2.05, 4.69) is 25.9 Å². The first-order valence-electron chi connectivity index (χ1n) is 6.60. The SMILES string of the molecule is Cc1cc(Br)cc(-c2[nH]c3ccc(C(F)(F)F)nc3c2C)c1. The Morgan fingerprint density at radius 1 is 1.09 bits per heavy atom. The minimum atomic E-state index is -4.44. The van der Waals surface area contributed by atoms with E-state index >= 15 is 0 Å². The standard InChI is InChI=1S/C16H12BrF3N2/c1-8-5-10(7-11(17)6-8)14-9(2)15-12(21-14)3-4-13(22-15)16(18,19)20/h3-7,21H,1-2H3. The number of fused-ring (bicyclic) bond motifs is 1. The van der Waals surface area contributed by atoms with Crippen molar-refractivity contribution >= 4 is 27.0 Å². The molecule has 22 heavy (non-hydrogen) atoms. The summed E-state index contributed by atoms with van der Waals surface area (Å²) in [5.41, 5.74) is 3.53. The van der Waals surface area contributed by atoms with Crippen LogP contribution in [0.15, 0.2) is 34.8 Å². The molecule has 0 unspecified atom stereocenters. The van der Waals surface area contributed by atoms with E-state index in [-0.39, 0.29) is 0 Å². The van der Waals surface area contributed by atoms with Crippen LogP contribution in [0.5, 0.6) is 0 Å². The molecule has 0 spiro atoms. The van der Waals surface area contributed by atoms with Gasteiger partial charge in [0.1, 0.15) is 5.69 Å². The van der Waals surface area contributed by atoms with Crippen LogP contribution in [0.4, 0.5) is 13.2 Å². The number of pyridine rings is 1. The third kappa shape index (κ3) is 2.63. The summed E-state index contributed by atoms with van der Waals surface area (Å²) < 4.78 is 39.3. The molecule has 0 saturated carbocycles. The first-order valence-corrected chi connectivity index (χ1v) is 7.39. The second-order valence-electron chi connectivity index (χ2n) is 5.23. The van der Waals surface area contributed by atoms with E-state index in [1.54, 1.807) is 6.92 Å². The molecule has 2 aromatic heterocycles. The smallest absolute Gasteiger partial charge is 0.353 e. The Balaban J connectivity index is 2.22. The predicted octanol–water partition coefficient (Wildman–Crippen LogP) is 5.63. The number of aromatic amines is 1. The molecule has 114 valence electrons. The molecule has 3 rings (SSSR count). The van der Waals surface area contributed by atoms with Crippen LogP contribution in [0.1, 0.15) is 16.8 Å². The molecule has 0 bridgehead atoms. The van der Waals surface area contributed by atoms with Crippen molar-refractivity contribution in [2.75, 3.05) is 0 Å². The van der Waals surface area contributed by atoms with Gasteiger partial charge in [-0.05, 0) is 55.3 Å². The Morgan fingerprint density at radius 3 is 2.45 bits per heavy atom. The van der Waals surface area contributed by atoms with Crippen LogP contribution in [0.25, 0.3) is 22.3 Å². The molecule has 0 atom stereocenters. The first-order chi connectivity index (χ1) is 10.3. The monoisotopic (exact) mass is 368 g/mol. The van der Waals surface area contributed by atoms with Gasteiger partial charge in [-0.15, -0.1) is 0 Å². The van der Waals surface area contributed by atoms with Gasteiger partial charge in [0.15, 0.2) is 0 Å². The fourth-order valence-electron chi connectivity index (χ4n) is 2.52. The summed E-state index contributed by atoms with van der Waals surface area (Å²) in [4.78, 5) is 6.93. The molecule has 0 aliphatic rings. The molecular formula is C16H12BrF3N2. The minimum Gasteiger partial charge on any atom is -0.353 e. The number of nitrogens with one attached hydrogen (secondary N) is 1. The Bertz CT molecular complexity index is 845. The summed E-state index contributed by atoms with van der Waals surface area (Å²) in [7, 11) is 0. The highest BCUT2D eigenvalue weighted by molar-refractivity contribution is 9.10. The van der Waals surface area contributed by atoms with Crippen molar-refractivity contribution in [3.63, 3.8) is 0 Å². The van der Waals surface area contributed by atoms with Gasteiger partial charge in [-0.3, -0.25) is 0 Å². The highest BCUT2D eigenvalue weighted by Gasteiger charge is 2.32. The largest absolute Gasteiger partial charge is 0.433 e. The van der Waals surface area contributed by atoms with E-state index in [0.29, 0.717) is 16.6 Å². The van der Waals surface area contributed by atoms with Gasteiger partial charge in [0.05, 0.1) is 16.7 Å². The van der Waals surface area contributed by atoms with E-state index in [1.165, 1.54) is 6.07 Å². The van der Waals surface area contributed by atoms with Crippen molar-refractivity contribution in [2.24, 2.45) is 0 Å². The van der Waals surface area contributed by atoms with Crippen molar-refractivity contribution in [2.45, 2.75) is 20.0 Å². The molecule has 0 radical (unpaired) electrons. The van der Waals surface area contributed by atoms with Crippen LogP contribution >= 0.6 is 15.9 Å². The average Bonchev–Trinajstić information content (AvgIpc) is 2.74. The molecule has 3 aromatic rings. The van der Waals surface area contributed by atoms with Crippen LogP contribution in [-0.4, -0.2) is 9.97 Å². The summed E-state index contributed by atoms with van der Waals surface area (Å²) in [5.74, 6) is 0. The van der Waals surface area contributed by atoms with Gasteiger partial charge in [-0.1, -0.05) is 15.9 Å². The third-order valence-corrected chi connectivity index (χ3v) is 3.96. The second-order valence-corrected chi connectivity index (χ2v) is 6.15. The average molecular weight is 369 g/mol. The van der Waals surface area contributed by atoms with Crippen molar-refractivity contribution in [3.05, 3.63) is 51.6 Å². The number of hydrogen-bond donors (Lipinski definition) is 1. The Kier molecular flexibility index (Phi) is 3.51. The third-order valence-electron chi connectivity index (χ3n) is 3.51. The summed E-state index contributed by atoms with van der Waals surface area (Å²) in [6, 6.07) is 8.30. The summed E-state index contributed by atoms with van der Waals surface area (Å²) >= 11 is 3.44. The zero-order valence-corrected chi connectivity index (χ0v) is 13.4. The minimum absolute atomic E-state index is 0.349. The van der Waals surface area contributed by atoms with Crippen LogP contribution in [-0.2, 0) is 6.18 Å². The molecular weight excluding hydrogens is 357 g/mol. The molecule has 1 aromatic carbocycles. The predicted molar refractivity (Wildman–Crippen MR) is 83.7 cm³/mol. The number of aryl methyl sites for hydroxylation is 2. The number of nitrogens with zero attached hydrogens (tertiary/aromatic N) is 1. The Morgan fingerprint density at radius 2 is 1.82 bits per heavy atom. The van der Waals surface area contributed by atoms with E-state index in [9.17, 15) is 13.2 Å². The maximum atomic E-state index is 12.8. The Labute approximate surface area is 133 Å². The number of hydrogen-bond acceptors (Lipinski definition) is 1. The van der Waals surface area contributed by atoms with E-state index in [4.69, 9.17) is 0 Å². The van der Waals surface area contributed by atoms with E-state index in [0.717, 1.165) is 27.4 Å². The van der Waals surface area contributed by atoms with Gasteiger partial charge in [-0.2, -0.15) is 13.2 Å². The molecule has 0 aliphatic heterocycles. The van der Waals surface area contributed by atoms with Crippen LogP contribution in [0, 0.1) is 13.8 Å². The number of halogens is 4. The number of alkyl halides is 3. The number of benzene rings is 1. The van der Waals surface area contributed by atoms with Gasteiger partial charge in [0.25, 0.3) is 0 Å². The van der Waals surface area contributed by atoms with E-state index < -0.39 is 11.9 Å². The fraction of sp³-hybridized carbons (Fsp3) is 0.188. The number of aromatic nitrogens is 2. The maximum Gasteiger partial charge on any atom is 0.433 e. The van der Waals surface area contributed by atoms with Crippen LogP contribution in [0.3, 0.4) is 0 Å². The highest BCUT2D eigenvalue weighted by Crippen LogP contribution is 2.34. The van der Waals surface area contributed by atoms with E-state index in [1.807, 2.05) is 25.1 Å². The first kappa shape index (κ1) is 15.1. The Hall–Kier alpha value is -1.82. The molecule has 2 heterocycles. The zero-order chi connectivity index (χ0) is 16.1. The van der Waals surface area contributed by atoms with Crippen LogP contribution < -0.4 is 0 Å². The highest BCUT2D eigenvalue weighted by atomic mass is 79.9. The molecule has 0 fully saturated rings. The van der Waals surface area contributed by atoms with Gasteiger partial charge >= 0.3 is 6.18 Å². The van der Waals surface area contributed by atoms with Crippen molar-refractivity contribution < 1.29 is 13.2 Å². The van der Waals surface area contributed by atoms with Crippen molar-refractivity contribution in [1.82, 2.24) is 9.97 Å². The maximum absolute atomic E-state index is 12.8. The number of rotatable bonds is 1. The van der Waals surface area contributed by atoms with Gasteiger partial charge in [0.2, 0.25) is 0 Å². The normalized spacial score (nSPS) is 12.1. The number of H-pyrrole nitrogens is 1.